The van der Waals surface area contributed by atoms with Gasteiger partial charge in [-0.2, -0.15) is 4.98 Å². The Hall–Kier alpha value is -2.23. The number of rotatable bonds is 10. The topological polar surface area (TPSA) is 145 Å². The van der Waals surface area contributed by atoms with Crippen LogP contribution in [0.5, 0.6) is 0 Å². The summed E-state index contributed by atoms with van der Waals surface area (Å²) in [5.74, 6) is -0.178. The maximum atomic E-state index is 12.1. The normalized spacial score (nSPS) is 18.5. The molecule has 29 heavy (non-hydrogen) atoms. The highest BCUT2D eigenvalue weighted by molar-refractivity contribution is 5.92. The van der Waals surface area contributed by atoms with Gasteiger partial charge in [0.1, 0.15) is 12.0 Å². The second-order valence-electron chi connectivity index (χ2n) is 6.57. The van der Waals surface area contributed by atoms with Crippen molar-refractivity contribution in [1.82, 2.24) is 14.9 Å². The Labute approximate surface area is 172 Å². The molecule has 6 N–H and O–H groups in total. The number of unbranched alkanes of at least 4 members (excludes halogenated alkanes) is 3. The van der Waals surface area contributed by atoms with Gasteiger partial charge < -0.3 is 26.6 Å². The van der Waals surface area contributed by atoms with E-state index in [4.69, 9.17) is 21.3 Å². The minimum atomic E-state index is -0.518. The summed E-state index contributed by atoms with van der Waals surface area (Å²) in [7, 11) is 0. The lowest BCUT2D eigenvalue weighted by molar-refractivity contribution is -0.116. The van der Waals surface area contributed by atoms with Gasteiger partial charge in [0.15, 0.2) is 0 Å². The van der Waals surface area contributed by atoms with Crippen LogP contribution in [0.1, 0.15) is 64.2 Å². The van der Waals surface area contributed by atoms with Crippen LogP contribution in [0.3, 0.4) is 0 Å². The fourth-order valence-electron chi connectivity index (χ4n) is 2.92. The molecule has 9 heteroatoms. The molecule has 0 aliphatic carbocycles. The largest absolute Gasteiger partial charge is 0.394 e. The van der Waals surface area contributed by atoms with E-state index < -0.39 is 11.9 Å². The third-order valence-electron chi connectivity index (χ3n) is 4.45. The van der Waals surface area contributed by atoms with Crippen molar-refractivity contribution in [2.45, 2.75) is 64.7 Å². The van der Waals surface area contributed by atoms with E-state index in [-0.39, 0.29) is 24.4 Å². The Morgan fingerprint density at radius 2 is 2.07 bits per heavy atom. The first-order valence-corrected chi connectivity index (χ1v) is 10.4. The molecule has 2 atom stereocenters. The summed E-state index contributed by atoms with van der Waals surface area (Å²) in [6.07, 6.45) is 8.91. The number of ether oxygens (including phenoxy) is 1. The number of nitrogens with one attached hydrogen (secondary N) is 1. The molecule has 0 saturated carbocycles. The minimum Gasteiger partial charge on any atom is -0.394 e. The molecule has 0 radical (unpaired) electrons. The average Bonchev–Trinajstić information content (AvgIpc) is 3.20. The van der Waals surface area contributed by atoms with Crippen LogP contribution in [-0.2, 0) is 9.53 Å². The van der Waals surface area contributed by atoms with Crippen LogP contribution in [0.25, 0.3) is 6.08 Å². The lowest BCUT2D eigenvalue weighted by atomic mass is 10.2. The molecule has 2 rings (SSSR count). The molecule has 1 aliphatic rings. The summed E-state index contributed by atoms with van der Waals surface area (Å²) in [5.41, 5.74) is 11.2. The van der Waals surface area contributed by atoms with Crippen LogP contribution in [0, 0.1) is 0 Å². The van der Waals surface area contributed by atoms with Crippen LogP contribution in [0.4, 0.5) is 5.82 Å². The summed E-state index contributed by atoms with van der Waals surface area (Å²) >= 11 is 0. The maximum Gasteiger partial charge on any atom is 0.351 e. The summed E-state index contributed by atoms with van der Waals surface area (Å²) in [6, 6.07) is 0. The van der Waals surface area contributed by atoms with E-state index >= 15 is 0 Å². The van der Waals surface area contributed by atoms with Crippen LogP contribution < -0.4 is 22.5 Å². The molecule has 0 aromatic carbocycles. The summed E-state index contributed by atoms with van der Waals surface area (Å²) < 4.78 is 6.96. The fourth-order valence-corrected chi connectivity index (χ4v) is 2.92. The lowest BCUT2D eigenvalue weighted by Gasteiger charge is -2.15. The third-order valence-corrected chi connectivity index (χ3v) is 4.45. The zero-order valence-electron chi connectivity index (χ0n) is 17.5. The monoisotopic (exact) mass is 409 g/mol. The number of aliphatic hydroxyl groups is 1. The van der Waals surface area contributed by atoms with Crippen molar-refractivity contribution in [2.75, 3.05) is 25.4 Å². The van der Waals surface area contributed by atoms with Crippen molar-refractivity contribution >= 4 is 17.8 Å². The van der Waals surface area contributed by atoms with Gasteiger partial charge in [0.2, 0.25) is 5.91 Å². The number of carbonyl (C=O) groups is 1. The van der Waals surface area contributed by atoms with Crippen LogP contribution >= 0.6 is 0 Å². The van der Waals surface area contributed by atoms with E-state index in [1.165, 1.54) is 22.9 Å². The summed E-state index contributed by atoms with van der Waals surface area (Å²) in [4.78, 5) is 27.8. The summed E-state index contributed by atoms with van der Waals surface area (Å²) in [6.45, 7) is 5.20. The highest BCUT2D eigenvalue weighted by atomic mass is 16.5. The average molecular weight is 410 g/mol. The molecule has 1 aromatic heterocycles. The van der Waals surface area contributed by atoms with Crippen LogP contribution in [0.15, 0.2) is 17.1 Å². The predicted molar refractivity (Wildman–Crippen MR) is 114 cm³/mol. The van der Waals surface area contributed by atoms with Gasteiger partial charge in [0.25, 0.3) is 0 Å². The van der Waals surface area contributed by atoms with Crippen molar-refractivity contribution in [3.05, 3.63) is 28.3 Å². The predicted octanol–water partition coefficient (Wildman–Crippen LogP) is 1.17. The zero-order valence-corrected chi connectivity index (χ0v) is 17.5. The van der Waals surface area contributed by atoms with E-state index in [1.807, 2.05) is 13.8 Å². The molecule has 164 valence electrons. The SMILES string of the molecule is CC.NCCCCCCNC(=O)/C=C/c1cn(C2CCC(CO)O2)c(=O)nc1N. The smallest absolute Gasteiger partial charge is 0.351 e. The Kier molecular flexibility index (Phi) is 11.9. The molecule has 1 fully saturated rings. The lowest BCUT2D eigenvalue weighted by Crippen LogP contribution is -2.28. The highest BCUT2D eigenvalue weighted by Crippen LogP contribution is 2.27. The first kappa shape index (κ1) is 24.8. The molecule has 0 spiro atoms. The quantitative estimate of drug-likeness (QED) is 0.335. The van der Waals surface area contributed by atoms with Gasteiger partial charge in [0.05, 0.1) is 12.7 Å². The van der Waals surface area contributed by atoms with Crippen LogP contribution in [-0.4, -0.2) is 46.4 Å². The van der Waals surface area contributed by atoms with Gasteiger partial charge in [0, 0.05) is 24.4 Å². The Morgan fingerprint density at radius 1 is 1.34 bits per heavy atom. The second-order valence-corrected chi connectivity index (χ2v) is 6.57. The van der Waals surface area contributed by atoms with Crippen molar-refractivity contribution in [2.24, 2.45) is 5.73 Å². The molecule has 2 heterocycles. The van der Waals surface area contributed by atoms with Crippen LogP contribution in [0.2, 0.25) is 0 Å². The van der Waals surface area contributed by atoms with E-state index in [9.17, 15) is 9.59 Å². The molecule has 2 unspecified atom stereocenters. The maximum absolute atomic E-state index is 12.1. The Bertz CT molecular complexity index is 705. The van der Waals surface area contributed by atoms with Gasteiger partial charge in [-0.05, 0) is 38.3 Å². The molecule has 1 amide bonds. The van der Waals surface area contributed by atoms with Gasteiger partial charge >= 0.3 is 5.69 Å². The van der Waals surface area contributed by atoms with Gasteiger partial charge in [-0.15, -0.1) is 0 Å². The van der Waals surface area contributed by atoms with E-state index in [1.54, 1.807) is 0 Å². The number of anilines is 1. The molecule has 1 saturated heterocycles. The molecule has 0 bridgehead atoms. The second kappa shape index (κ2) is 13.9. The number of amides is 1. The molecule has 9 nitrogen and oxygen atoms in total. The number of hydrogen-bond acceptors (Lipinski definition) is 7. The van der Waals surface area contributed by atoms with Crippen molar-refractivity contribution < 1.29 is 14.6 Å². The van der Waals surface area contributed by atoms with Gasteiger partial charge in [-0.25, -0.2) is 4.79 Å². The first-order chi connectivity index (χ1) is 14.0. The highest BCUT2D eigenvalue weighted by Gasteiger charge is 2.27. The number of hydrogen-bond donors (Lipinski definition) is 4. The zero-order chi connectivity index (χ0) is 21.6. The van der Waals surface area contributed by atoms with E-state index in [0.29, 0.717) is 31.5 Å². The number of nitrogens with zero attached hydrogens (tertiary/aromatic N) is 2. The van der Waals surface area contributed by atoms with Crippen molar-refractivity contribution in [3.8, 4) is 0 Å². The van der Waals surface area contributed by atoms with E-state index in [2.05, 4.69) is 10.3 Å². The molecular weight excluding hydrogens is 374 g/mol. The third kappa shape index (κ3) is 8.35. The van der Waals surface area contributed by atoms with Crippen molar-refractivity contribution in [3.63, 3.8) is 0 Å². The first-order valence-electron chi connectivity index (χ1n) is 10.4. The number of aromatic nitrogens is 2. The van der Waals surface area contributed by atoms with Gasteiger partial charge in [-0.1, -0.05) is 26.7 Å². The molecule has 1 aromatic rings. The Balaban J connectivity index is 0.00000204. The number of carbonyl (C=O) groups excluding carboxylic acids is 1. The van der Waals surface area contributed by atoms with Gasteiger partial charge in [-0.3, -0.25) is 9.36 Å². The van der Waals surface area contributed by atoms with Crippen molar-refractivity contribution in [1.29, 1.82) is 0 Å². The standard InChI is InChI=1S/C18H29N5O4.C2H6/c19-9-3-1-2-4-10-21-15(25)7-5-13-11-23(18(26)22-17(13)20)16-8-6-14(12-24)27-16;1-2/h5,7,11,14,16,24H,1-4,6,8-10,12,19H2,(H,21,25)(H2,20,22,26);1-2H3/b7-5+;. The fraction of sp³-hybridized carbons (Fsp3) is 0.650. The van der Waals surface area contributed by atoms with E-state index in [0.717, 1.165) is 25.7 Å². The number of aliphatic hydroxyl groups excluding tert-OH is 1. The number of nitrogen functional groups attached to an aromatic ring is 1. The summed E-state index contributed by atoms with van der Waals surface area (Å²) in [5, 5.41) is 12.0. The molecular formula is C20H35N5O4. The number of nitrogens with two attached hydrogens (primary N) is 2. The molecule has 1 aliphatic heterocycles. The Morgan fingerprint density at radius 3 is 2.72 bits per heavy atom. The minimum absolute atomic E-state index is 0.0544.